The van der Waals surface area contributed by atoms with Crippen LogP contribution in [0.3, 0.4) is 0 Å². The van der Waals surface area contributed by atoms with Gasteiger partial charge in [0.05, 0.1) is 80.7 Å². The number of carboxylic acids is 2. The molecule has 0 bridgehead atoms. The van der Waals surface area contributed by atoms with Crippen molar-refractivity contribution in [3.63, 3.8) is 0 Å². The Morgan fingerprint density at radius 2 is 1.45 bits per heavy atom. The lowest BCUT2D eigenvalue weighted by atomic mass is 9.88. The molecule has 1 aromatic carbocycles. The largest absolute Gasteiger partial charge is 0.480 e. The molecule has 0 aromatic heterocycles. The number of methoxy groups -OCH3 is 2. The molecule has 3 heterocycles. The predicted octanol–water partition coefficient (Wildman–Crippen LogP) is -4.75. The number of ether oxygens (including phenoxy) is 6. The Kier molecular flexibility index (Phi) is 31.9. The van der Waals surface area contributed by atoms with Crippen LogP contribution in [-0.4, -0.2) is 318 Å². The summed E-state index contributed by atoms with van der Waals surface area (Å²) in [6.07, 6.45) is -29.1. The zero-order valence-electron chi connectivity index (χ0n) is 55.6. The molecule has 4 rings (SSSR count). The van der Waals surface area contributed by atoms with E-state index in [2.05, 4.69) is 16.0 Å². The number of nitrogens with zero attached hydrogens (tertiary/aromatic N) is 3. The number of hydrogen-bond donors (Lipinski definition) is 16. The minimum Gasteiger partial charge on any atom is -0.480 e. The molecule has 2 unspecified atom stereocenters. The average Bonchev–Trinajstić information content (AvgIpc) is 0.872. The molecule has 0 radical (unpaired) electrons. The number of aliphatic hydroxyl groups excluding tert-OH is 11. The van der Waals surface area contributed by atoms with Crippen LogP contribution in [0.5, 0.6) is 0 Å². The van der Waals surface area contributed by atoms with Gasteiger partial charge in [-0.05, 0) is 43.2 Å². The normalized spacial score (nSPS) is 27.9. The summed E-state index contributed by atoms with van der Waals surface area (Å²) in [6.45, 7) is 9.51. The minimum atomic E-state index is -3.17. The van der Waals surface area contributed by atoms with Crippen LogP contribution in [0.1, 0.15) is 93.1 Å². The number of nitrogens with one attached hydrogen (secondary N) is 3. The van der Waals surface area contributed by atoms with Gasteiger partial charge < -0.3 is 121 Å². The first kappa shape index (κ1) is 81.2. The molecule has 0 aliphatic carbocycles. The Labute approximate surface area is 547 Å². The second kappa shape index (κ2) is 36.9. The number of benzene rings is 1. The molecule has 0 spiro atoms. The number of likely N-dealkylation sites (N-methyl/N-ethyl adjacent to an activating group) is 2. The summed E-state index contributed by atoms with van der Waals surface area (Å²) in [5, 5.41) is 148. The van der Waals surface area contributed by atoms with Gasteiger partial charge in [-0.1, -0.05) is 85.2 Å². The molecular weight excluding hydrogens is 1240 g/mol. The van der Waals surface area contributed by atoms with Crippen LogP contribution in [0.2, 0.25) is 0 Å². The second-order valence-electron chi connectivity index (χ2n) is 25.6. The predicted molar refractivity (Wildman–Crippen MR) is 329 cm³/mol. The van der Waals surface area contributed by atoms with Crippen molar-refractivity contribution in [2.45, 2.75) is 228 Å². The van der Waals surface area contributed by atoms with E-state index in [0.717, 1.165) is 6.92 Å². The van der Waals surface area contributed by atoms with E-state index in [4.69, 9.17) is 28.4 Å². The molecule has 32 nitrogen and oxygen atoms in total. The van der Waals surface area contributed by atoms with Crippen molar-refractivity contribution in [1.82, 2.24) is 30.7 Å². The van der Waals surface area contributed by atoms with E-state index < -0.39 is 220 Å². The van der Waals surface area contributed by atoms with E-state index in [-0.39, 0.29) is 24.7 Å². The smallest absolute Gasteiger partial charge is 0.364 e. The highest BCUT2D eigenvalue weighted by atomic mass is 16.8. The van der Waals surface area contributed by atoms with Crippen LogP contribution in [0.4, 0.5) is 0 Å². The summed E-state index contributed by atoms with van der Waals surface area (Å²) in [5.41, 5.74) is 0.712. The van der Waals surface area contributed by atoms with Gasteiger partial charge in [0.1, 0.15) is 73.1 Å². The monoisotopic (exact) mass is 1350 g/mol. The van der Waals surface area contributed by atoms with Crippen molar-refractivity contribution in [3.8, 4) is 0 Å². The van der Waals surface area contributed by atoms with Gasteiger partial charge in [-0.3, -0.25) is 28.9 Å². The minimum absolute atomic E-state index is 0.0433. The Morgan fingerprint density at radius 1 is 0.819 bits per heavy atom. The van der Waals surface area contributed by atoms with Crippen molar-refractivity contribution < 1.29 is 128 Å². The van der Waals surface area contributed by atoms with E-state index in [9.17, 15) is 99.9 Å². The van der Waals surface area contributed by atoms with Crippen LogP contribution in [-0.2, 0) is 68.4 Å². The standard InChI is InChI=1S/C62H104N6O26/c1-13-31(6)47(41(89-11)23-43(77)68-21-17-20-36(68)52(90-12)32(7)56(82)64-35(59(85)86)22-34-18-15-14-16-19-34)67(10)58(84)44(29(2)3)65-57(83)46(30(4)5)66(9)25-38(74)48(78)53(40(76)27-70)92-60-51(81)55(50(80)42(28-71)91-60)94-62(61(87)88)24-37(73)45(63-33(8)72)54(93-62)49(79)39(75)26-69/h14-16,18-19,29-32,35-42,44-55,60,69-71,73-76,78-81H,13,17,20-28H2,1-12H3,(H,63,72)(H,64,82)(H,65,83)(H,85,86)(H,87,88)/t31-,32+,35-,36-,37-,38+,39?,40+,41+,42+,44-,45+,46-,47-,48+,49?,50-,51+,52+,53+,54-,55-,60-,62-/m0/s1. The van der Waals surface area contributed by atoms with Crippen LogP contribution in [0, 0.1) is 23.7 Å². The molecule has 24 atom stereocenters. The van der Waals surface area contributed by atoms with Gasteiger partial charge >= 0.3 is 11.9 Å². The number of carbonyl (C=O) groups is 7. The number of hydrogen-bond acceptors (Lipinski definition) is 25. The molecule has 5 amide bonds. The van der Waals surface area contributed by atoms with E-state index in [1.165, 1.54) is 31.1 Å². The summed E-state index contributed by atoms with van der Waals surface area (Å²) in [6, 6.07) is 2.29. The lowest BCUT2D eigenvalue weighted by Crippen LogP contribution is -2.70. The maximum Gasteiger partial charge on any atom is 0.364 e. The Morgan fingerprint density at radius 3 is 1.97 bits per heavy atom. The highest BCUT2D eigenvalue weighted by Gasteiger charge is 2.60. The van der Waals surface area contributed by atoms with Crippen molar-refractivity contribution in [2.24, 2.45) is 23.7 Å². The molecule has 3 saturated heterocycles. The lowest BCUT2D eigenvalue weighted by molar-refractivity contribution is -0.377. The first-order valence-corrected chi connectivity index (χ1v) is 31.8. The molecule has 16 N–H and O–H groups in total. The van der Waals surface area contributed by atoms with Gasteiger partial charge in [0.25, 0.3) is 5.79 Å². The Hall–Kier alpha value is -5.21. The van der Waals surface area contributed by atoms with Crippen molar-refractivity contribution >= 4 is 41.5 Å². The second-order valence-corrected chi connectivity index (χ2v) is 25.6. The first-order valence-electron chi connectivity index (χ1n) is 31.8. The van der Waals surface area contributed by atoms with Crippen molar-refractivity contribution in [3.05, 3.63) is 35.9 Å². The number of likely N-dealkylation sites (tertiary alicyclic amines) is 1. The maximum absolute atomic E-state index is 14.9. The molecular formula is C62H104N6O26. The van der Waals surface area contributed by atoms with Gasteiger partial charge in [-0.2, -0.15) is 0 Å². The third-order valence-electron chi connectivity index (χ3n) is 18.2. The van der Waals surface area contributed by atoms with Crippen LogP contribution in [0.25, 0.3) is 0 Å². The zero-order chi connectivity index (χ0) is 71.0. The Balaban J connectivity index is 1.53. The van der Waals surface area contributed by atoms with Crippen LogP contribution in [0.15, 0.2) is 30.3 Å². The maximum atomic E-state index is 14.9. The molecule has 3 aliphatic rings. The molecule has 3 fully saturated rings. The topological polar surface area (TPSA) is 484 Å². The lowest BCUT2D eigenvalue weighted by Gasteiger charge is -2.50. The first-order chi connectivity index (χ1) is 44.1. The number of aliphatic hydroxyl groups is 11. The number of aliphatic carboxylic acids is 2. The number of amides is 5. The van der Waals surface area contributed by atoms with Crippen LogP contribution >= 0.6 is 0 Å². The van der Waals surface area contributed by atoms with Crippen molar-refractivity contribution in [2.75, 3.05) is 61.2 Å². The fourth-order valence-corrected chi connectivity index (χ4v) is 12.8. The Bertz CT molecular complexity index is 2580. The molecule has 94 heavy (non-hydrogen) atoms. The summed E-state index contributed by atoms with van der Waals surface area (Å²) >= 11 is 0. The van der Waals surface area contributed by atoms with Gasteiger partial charge in [0.2, 0.25) is 29.5 Å². The highest BCUT2D eigenvalue weighted by Crippen LogP contribution is 2.39. The number of carbonyl (C=O) groups excluding carboxylic acids is 5. The van der Waals surface area contributed by atoms with Gasteiger partial charge in [0.15, 0.2) is 6.29 Å². The zero-order valence-corrected chi connectivity index (χ0v) is 55.6. The van der Waals surface area contributed by atoms with Gasteiger partial charge in [-0.25, -0.2) is 9.59 Å². The fourth-order valence-electron chi connectivity index (χ4n) is 12.8. The molecule has 3 aliphatic heterocycles. The van der Waals surface area contributed by atoms with E-state index in [1.54, 1.807) is 76.9 Å². The summed E-state index contributed by atoms with van der Waals surface area (Å²) < 4.78 is 34.6. The third-order valence-corrected chi connectivity index (χ3v) is 18.2. The van der Waals surface area contributed by atoms with Crippen LogP contribution < -0.4 is 16.0 Å². The van der Waals surface area contributed by atoms with E-state index >= 15 is 0 Å². The van der Waals surface area contributed by atoms with Gasteiger partial charge in [-0.15, -0.1) is 0 Å². The van der Waals surface area contributed by atoms with E-state index in [0.29, 0.717) is 31.4 Å². The molecule has 0 saturated carbocycles. The van der Waals surface area contributed by atoms with E-state index in [1.807, 2.05) is 13.8 Å². The SMILES string of the molecule is CC[C@H](C)[C@@H]([C@@H](CC(=O)N1CCC[C@H]1[C@H](OC)[C@@H](C)C(=O)N[C@@H](Cc1ccccc1)C(=O)O)OC)N(C)C(=O)[C@@H](NC(=O)[C@H](C(C)C)N(C)C[C@@H](O)[C@@H](O)[C@H](O[C@@H]1O[C@H](CO)[C@H](O)[C@H](O[C@]2(C(=O)O)C[C@H](O)[C@@H](NC(C)=O)[C@@H](C(O)C(O)CO)O2)[C@H]1O)[C@H](O)CO)C(C)C. The fraction of sp³-hybridized carbons (Fsp3) is 0.790. The number of carboxylic acid groups (broad SMARTS) is 2. The molecule has 32 heteroatoms. The highest BCUT2D eigenvalue weighted by molar-refractivity contribution is 5.90. The quantitative estimate of drug-likeness (QED) is 0.0297. The molecule has 1 aromatic rings. The average molecular weight is 1350 g/mol. The van der Waals surface area contributed by atoms with Gasteiger partial charge in [0, 0.05) is 54.1 Å². The summed E-state index contributed by atoms with van der Waals surface area (Å²) in [4.78, 5) is 99.5. The summed E-state index contributed by atoms with van der Waals surface area (Å²) in [5.74, 6) is -11.7. The van der Waals surface area contributed by atoms with Crippen molar-refractivity contribution in [1.29, 1.82) is 0 Å². The third kappa shape index (κ3) is 20.2. The molecule has 538 valence electrons. The summed E-state index contributed by atoms with van der Waals surface area (Å²) in [7, 11) is 5.79. The number of rotatable bonds is 37.